The van der Waals surface area contributed by atoms with Crippen LogP contribution in [0.15, 0.2) is 52.8 Å². The number of pyridine rings is 1. The smallest absolute Gasteiger partial charge is 0.341 e. The third-order valence-corrected chi connectivity index (χ3v) is 7.81. The van der Waals surface area contributed by atoms with Crippen LogP contribution in [0.3, 0.4) is 0 Å². The molecule has 0 atom stereocenters. The van der Waals surface area contributed by atoms with Crippen molar-refractivity contribution in [2.24, 2.45) is 10.4 Å². The Kier molecular flexibility index (Phi) is 11.0. The van der Waals surface area contributed by atoms with Crippen molar-refractivity contribution in [2.45, 2.75) is 58.9 Å². The SMILES string of the molecule is C=C(Cl)C(C/C=C(\C)Oc1ccnc2cc(OCCC(=O)N3CCCC4(CC3)COC4)c(OC)cc12)=NC(=O)NC(C)C. The number of nitrogens with one attached hydrogen (secondary N) is 1. The summed E-state index contributed by atoms with van der Waals surface area (Å²) < 4.78 is 23.2. The van der Waals surface area contributed by atoms with Crippen molar-refractivity contribution in [3.05, 3.63) is 47.8 Å². The van der Waals surface area contributed by atoms with Crippen molar-refractivity contribution in [1.29, 1.82) is 0 Å². The number of aliphatic imine (C=N–C) groups is 1. The molecular formula is C32H41ClN4O6. The molecule has 2 aliphatic rings. The second kappa shape index (κ2) is 14.7. The number of carbonyl (C=O) groups excluding carboxylic acids is 2. The second-order valence-corrected chi connectivity index (χ2v) is 11.8. The first-order valence-electron chi connectivity index (χ1n) is 14.6. The number of allylic oxidation sites excluding steroid dienone is 3. The number of likely N-dealkylation sites (tertiary alicyclic amines) is 1. The van der Waals surface area contributed by atoms with Gasteiger partial charge in [0.2, 0.25) is 5.91 Å². The van der Waals surface area contributed by atoms with Gasteiger partial charge in [0.15, 0.2) is 11.5 Å². The minimum absolute atomic E-state index is 0.0490. The molecule has 2 aliphatic heterocycles. The van der Waals surface area contributed by atoms with E-state index in [-0.39, 0.29) is 41.8 Å². The predicted molar refractivity (Wildman–Crippen MR) is 167 cm³/mol. The molecule has 1 N–H and O–H groups in total. The van der Waals surface area contributed by atoms with Gasteiger partial charge in [-0.2, -0.15) is 4.99 Å². The summed E-state index contributed by atoms with van der Waals surface area (Å²) in [5.74, 6) is 2.24. The summed E-state index contributed by atoms with van der Waals surface area (Å²) in [6.45, 7) is 12.6. The fraction of sp³-hybridized carbons (Fsp3) is 0.500. The molecule has 11 heteroatoms. The molecule has 0 unspecified atom stereocenters. The van der Waals surface area contributed by atoms with E-state index >= 15 is 0 Å². The van der Waals surface area contributed by atoms with Crippen molar-refractivity contribution >= 4 is 40.2 Å². The minimum Gasteiger partial charge on any atom is -0.493 e. The summed E-state index contributed by atoms with van der Waals surface area (Å²) in [7, 11) is 1.56. The Morgan fingerprint density at radius 3 is 2.70 bits per heavy atom. The van der Waals surface area contributed by atoms with Gasteiger partial charge in [-0.05, 0) is 58.2 Å². The van der Waals surface area contributed by atoms with Gasteiger partial charge in [0.1, 0.15) is 5.75 Å². The molecule has 3 amide bonds. The van der Waals surface area contributed by atoms with Crippen LogP contribution in [0.2, 0.25) is 0 Å². The number of hydrogen-bond acceptors (Lipinski definition) is 7. The van der Waals surface area contributed by atoms with E-state index < -0.39 is 6.03 Å². The van der Waals surface area contributed by atoms with Crippen LogP contribution in [-0.4, -0.2) is 73.6 Å². The van der Waals surface area contributed by atoms with Gasteiger partial charge in [-0.15, -0.1) is 0 Å². The average Bonchev–Trinajstić information content (AvgIpc) is 3.18. The van der Waals surface area contributed by atoms with Crippen molar-refractivity contribution in [3.63, 3.8) is 0 Å². The molecule has 4 rings (SSSR count). The Morgan fingerprint density at radius 1 is 1.23 bits per heavy atom. The maximum Gasteiger partial charge on any atom is 0.341 e. The number of carbonyl (C=O) groups is 2. The standard InChI is InChI=1S/C32H41ClN4O6/c1-21(2)35-31(39)36-25(23(4)33)8-7-22(3)43-27-9-13-34-26-18-29(28(40-5)17-24(26)27)42-16-10-30(38)37-14-6-11-32(12-15-37)19-41-20-32/h7,9,13,17-18,21H,4,6,8,10-12,14-16,19-20H2,1-3,5H3,(H,35,39)/b22-7+,36-25?. The van der Waals surface area contributed by atoms with Gasteiger partial charge in [0.25, 0.3) is 0 Å². The van der Waals surface area contributed by atoms with Crippen LogP contribution in [0.4, 0.5) is 4.79 Å². The topological polar surface area (TPSA) is 112 Å². The normalized spacial score (nSPS) is 16.9. The lowest BCUT2D eigenvalue weighted by molar-refractivity contribution is -0.133. The predicted octanol–water partition coefficient (Wildman–Crippen LogP) is 6.03. The van der Waals surface area contributed by atoms with E-state index in [1.165, 1.54) is 0 Å². The third kappa shape index (κ3) is 8.70. The van der Waals surface area contributed by atoms with Crippen LogP contribution in [0.25, 0.3) is 10.9 Å². The van der Waals surface area contributed by atoms with E-state index in [0.717, 1.165) is 51.0 Å². The molecule has 2 fully saturated rings. The lowest BCUT2D eigenvalue weighted by atomic mass is 9.79. The lowest BCUT2D eigenvalue weighted by Gasteiger charge is -2.40. The highest BCUT2D eigenvalue weighted by molar-refractivity contribution is 6.43. The number of hydrogen-bond donors (Lipinski definition) is 1. The fourth-order valence-corrected chi connectivity index (χ4v) is 5.27. The van der Waals surface area contributed by atoms with Crippen LogP contribution in [0, 0.1) is 5.41 Å². The van der Waals surface area contributed by atoms with Crippen LogP contribution >= 0.6 is 11.6 Å². The number of methoxy groups -OCH3 is 1. The zero-order chi connectivity index (χ0) is 31.0. The van der Waals surface area contributed by atoms with Crippen LogP contribution in [-0.2, 0) is 9.53 Å². The van der Waals surface area contributed by atoms with Gasteiger partial charge >= 0.3 is 6.03 Å². The first-order valence-corrected chi connectivity index (χ1v) is 15.0. The van der Waals surface area contributed by atoms with Crippen LogP contribution < -0.4 is 19.5 Å². The highest BCUT2D eigenvalue weighted by Crippen LogP contribution is 2.39. The van der Waals surface area contributed by atoms with Gasteiger partial charge in [0.05, 0.1) is 55.4 Å². The molecule has 232 valence electrons. The van der Waals surface area contributed by atoms with Gasteiger partial charge < -0.3 is 29.2 Å². The van der Waals surface area contributed by atoms with Crippen LogP contribution in [0.5, 0.6) is 17.2 Å². The number of benzene rings is 1. The number of rotatable bonds is 11. The van der Waals surface area contributed by atoms with Crippen molar-refractivity contribution in [1.82, 2.24) is 15.2 Å². The molecule has 1 spiro atoms. The minimum atomic E-state index is -0.479. The fourth-order valence-electron chi connectivity index (χ4n) is 5.15. The molecule has 1 aromatic heterocycles. The second-order valence-electron chi connectivity index (χ2n) is 11.3. The molecule has 0 bridgehead atoms. The summed E-state index contributed by atoms with van der Waals surface area (Å²) in [6.07, 6.45) is 7.08. The van der Waals surface area contributed by atoms with Crippen molar-refractivity contribution < 1.29 is 28.5 Å². The summed E-state index contributed by atoms with van der Waals surface area (Å²) in [6, 6.07) is 4.82. The maximum atomic E-state index is 12.9. The Labute approximate surface area is 258 Å². The zero-order valence-electron chi connectivity index (χ0n) is 25.4. The molecule has 0 saturated carbocycles. The highest BCUT2D eigenvalue weighted by atomic mass is 35.5. The quantitative estimate of drug-likeness (QED) is 0.244. The largest absolute Gasteiger partial charge is 0.493 e. The van der Waals surface area contributed by atoms with Crippen molar-refractivity contribution in [3.8, 4) is 17.2 Å². The molecular weight excluding hydrogens is 572 g/mol. The zero-order valence-corrected chi connectivity index (χ0v) is 26.2. The Balaban J connectivity index is 1.39. The summed E-state index contributed by atoms with van der Waals surface area (Å²) in [5, 5.41) is 3.61. The van der Waals surface area contributed by atoms with Crippen molar-refractivity contribution in [2.75, 3.05) is 40.0 Å². The maximum absolute atomic E-state index is 12.9. The first-order chi connectivity index (χ1) is 20.6. The third-order valence-electron chi connectivity index (χ3n) is 7.59. The number of urea groups is 1. The first kappa shape index (κ1) is 32.3. The van der Waals surface area contributed by atoms with Gasteiger partial charge in [-0.3, -0.25) is 9.78 Å². The molecule has 2 saturated heterocycles. The number of aromatic nitrogens is 1. The van der Waals surface area contributed by atoms with E-state index in [0.29, 0.717) is 34.2 Å². The average molecular weight is 613 g/mol. The van der Waals surface area contributed by atoms with Gasteiger partial charge in [-0.1, -0.05) is 18.2 Å². The van der Waals surface area contributed by atoms with E-state index in [4.69, 9.17) is 30.5 Å². The molecule has 10 nitrogen and oxygen atoms in total. The lowest BCUT2D eigenvalue weighted by Crippen LogP contribution is -2.43. The molecule has 0 radical (unpaired) electrons. The monoisotopic (exact) mass is 612 g/mol. The van der Waals surface area contributed by atoms with E-state index in [1.807, 2.05) is 18.7 Å². The van der Waals surface area contributed by atoms with E-state index in [9.17, 15) is 9.59 Å². The van der Waals surface area contributed by atoms with Gasteiger partial charge in [-0.25, -0.2) is 4.79 Å². The Bertz CT molecular complexity index is 1400. The molecule has 43 heavy (non-hydrogen) atoms. The van der Waals surface area contributed by atoms with Gasteiger partial charge in [0, 0.05) is 48.6 Å². The van der Waals surface area contributed by atoms with E-state index in [1.54, 1.807) is 44.5 Å². The van der Waals surface area contributed by atoms with Crippen LogP contribution in [0.1, 0.15) is 52.9 Å². The highest BCUT2D eigenvalue weighted by Gasteiger charge is 2.40. The molecule has 3 heterocycles. The molecule has 1 aromatic carbocycles. The number of halogens is 1. The summed E-state index contributed by atoms with van der Waals surface area (Å²) in [5.41, 5.74) is 1.27. The summed E-state index contributed by atoms with van der Waals surface area (Å²) >= 11 is 6.08. The summed E-state index contributed by atoms with van der Waals surface area (Å²) in [4.78, 5) is 35.4. The number of amides is 3. The Hall–Kier alpha value is -3.63. The number of ether oxygens (including phenoxy) is 4. The Morgan fingerprint density at radius 2 is 2.02 bits per heavy atom. The van der Waals surface area contributed by atoms with E-state index in [2.05, 4.69) is 21.9 Å². The molecule has 2 aromatic rings. The molecule has 0 aliphatic carbocycles. The number of fused-ring (bicyclic) bond motifs is 1. The number of nitrogens with zero attached hydrogens (tertiary/aromatic N) is 3.